The molecule has 0 spiro atoms. The third-order valence-corrected chi connectivity index (χ3v) is 12.4. The number of hydrogen-bond acceptors (Lipinski definition) is 1. The number of rotatable bonds is 5. The molecular weight excluding hydrogens is 723 g/mol. The third-order valence-electron chi connectivity index (χ3n) is 12.4. The Hall–Kier alpha value is -7.87. The van der Waals surface area contributed by atoms with E-state index in [4.69, 9.17) is 4.98 Å². The SMILES string of the molecule is c1ccc(-c2ccc3c(-c4ccc5ccccc5c4)c4ccc(-c5ccc(-c6cc7ccccc7c7ncccc67)cc5)cc4c(-c4ccc5ccccc5c4)c3c2)cc1. The summed E-state index contributed by atoms with van der Waals surface area (Å²) in [6, 6.07) is 80.4. The molecule has 12 aromatic rings. The van der Waals surface area contributed by atoms with Crippen LogP contribution < -0.4 is 0 Å². The minimum absolute atomic E-state index is 1.04. The van der Waals surface area contributed by atoms with Gasteiger partial charge in [0.05, 0.1) is 5.52 Å². The molecule has 0 saturated carbocycles. The maximum Gasteiger partial charge on any atom is 0.0786 e. The lowest BCUT2D eigenvalue weighted by Crippen LogP contribution is -1.93. The first-order chi connectivity index (χ1) is 29.7. The van der Waals surface area contributed by atoms with Gasteiger partial charge in [-0.2, -0.15) is 0 Å². The molecule has 0 bridgehead atoms. The van der Waals surface area contributed by atoms with Crippen molar-refractivity contribution >= 4 is 64.8 Å². The maximum atomic E-state index is 4.83. The molecule has 0 saturated heterocycles. The molecule has 1 heterocycles. The summed E-state index contributed by atoms with van der Waals surface area (Å²) in [6.45, 7) is 0. The number of pyridine rings is 1. The molecule has 1 heteroatoms. The van der Waals surface area contributed by atoms with Gasteiger partial charge in [0.2, 0.25) is 0 Å². The summed E-state index contributed by atoms with van der Waals surface area (Å²) in [4.78, 5) is 4.83. The average Bonchev–Trinajstić information content (AvgIpc) is 3.32. The number of hydrogen-bond donors (Lipinski definition) is 0. The van der Waals surface area contributed by atoms with Gasteiger partial charge < -0.3 is 0 Å². The van der Waals surface area contributed by atoms with Gasteiger partial charge in [-0.3, -0.25) is 4.98 Å². The summed E-state index contributed by atoms with van der Waals surface area (Å²) in [5.74, 6) is 0. The predicted molar refractivity (Wildman–Crippen MR) is 256 cm³/mol. The van der Waals surface area contributed by atoms with Gasteiger partial charge >= 0.3 is 0 Å². The Morgan fingerprint density at radius 2 is 0.700 bits per heavy atom. The number of benzene rings is 11. The minimum Gasteiger partial charge on any atom is -0.256 e. The van der Waals surface area contributed by atoms with Crippen molar-refractivity contribution in [1.29, 1.82) is 0 Å². The molecule has 0 unspecified atom stereocenters. The molecule has 0 radical (unpaired) electrons. The summed E-state index contributed by atoms with van der Waals surface area (Å²) in [5, 5.41) is 13.5. The standard InChI is InChI=1S/C59H37N/c1-2-11-38(12-3-1)45-28-30-51-55(35-45)58(49-27-23-40-14-5-7-16-44(40)34-49)56-36-46(29-31-52(56)57(51)48-26-22-39-13-4-6-15-43(39)33-48)41-20-24-42(25-21-41)54-37-47-17-8-9-18-50(47)59-53(54)19-10-32-60-59/h1-37H. The molecule has 1 aromatic heterocycles. The monoisotopic (exact) mass is 759 g/mol. The second-order valence-corrected chi connectivity index (χ2v) is 15.9. The fraction of sp³-hybridized carbons (Fsp3) is 0. The highest BCUT2D eigenvalue weighted by atomic mass is 14.6. The van der Waals surface area contributed by atoms with E-state index in [1.807, 2.05) is 12.3 Å². The summed E-state index contributed by atoms with van der Waals surface area (Å²) in [5.41, 5.74) is 13.1. The Bertz CT molecular complexity index is 3640. The summed E-state index contributed by atoms with van der Waals surface area (Å²) in [6.07, 6.45) is 1.89. The van der Waals surface area contributed by atoms with Crippen LogP contribution in [0.3, 0.4) is 0 Å². The van der Waals surface area contributed by atoms with E-state index in [0.29, 0.717) is 0 Å². The Morgan fingerprint density at radius 3 is 1.33 bits per heavy atom. The zero-order valence-corrected chi connectivity index (χ0v) is 32.8. The van der Waals surface area contributed by atoms with Crippen molar-refractivity contribution in [2.45, 2.75) is 0 Å². The van der Waals surface area contributed by atoms with Gasteiger partial charge in [-0.15, -0.1) is 0 Å². The van der Waals surface area contributed by atoms with Crippen molar-refractivity contribution in [2.24, 2.45) is 0 Å². The Labute approximate surface area is 348 Å². The largest absolute Gasteiger partial charge is 0.256 e. The van der Waals surface area contributed by atoms with Gasteiger partial charge in [0, 0.05) is 17.0 Å². The second kappa shape index (κ2) is 13.9. The maximum absolute atomic E-state index is 4.83. The predicted octanol–water partition coefficient (Wildman–Crippen LogP) is 16.3. The van der Waals surface area contributed by atoms with Crippen LogP contribution in [0.15, 0.2) is 225 Å². The molecule has 0 amide bonds. The van der Waals surface area contributed by atoms with E-state index in [9.17, 15) is 0 Å². The molecule has 0 aliphatic carbocycles. The lowest BCUT2D eigenvalue weighted by atomic mass is 9.83. The lowest BCUT2D eigenvalue weighted by molar-refractivity contribution is 1.43. The molecule has 0 fully saturated rings. The first kappa shape index (κ1) is 34.2. The fourth-order valence-electron chi connectivity index (χ4n) is 9.52. The van der Waals surface area contributed by atoms with Crippen molar-refractivity contribution in [3.63, 3.8) is 0 Å². The van der Waals surface area contributed by atoms with E-state index in [2.05, 4.69) is 212 Å². The zero-order valence-electron chi connectivity index (χ0n) is 32.8. The smallest absolute Gasteiger partial charge is 0.0786 e. The van der Waals surface area contributed by atoms with Crippen LogP contribution in [-0.2, 0) is 0 Å². The molecule has 0 aliphatic rings. The summed E-state index contributed by atoms with van der Waals surface area (Å²) < 4.78 is 0. The van der Waals surface area contributed by atoms with E-state index >= 15 is 0 Å². The van der Waals surface area contributed by atoms with Crippen LogP contribution in [0.4, 0.5) is 0 Å². The van der Waals surface area contributed by atoms with Crippen LogP contribution in [-0.4, -0.2) is 4.98 Å². The molecule has 60 heavy (non-hydrogen) atoms. The highest BCUT2D eigenvalue weighted by molar-refractivity contribution is 6.23. The van der Waals surface area contributed by atoms with Crippen molar-refractivity contribution in [3.05, 3.63) is 225 Å². The van der Waals surface area contributed by atoms with Crippen molar-refractivity contribution in [1.82, 2.24) is 4.98 Å². The van der Waals surface area contributed by atoms with Crippen molar-refractivity contribution in [3.8, 4) is 55.6 Å². The van der Waals surface area contributed by atoms with E-state index < -0.39 is 0 Å². The van der Waals surface area contributed by atoms with E-state index in [1.54, 1.807) is 0 Å². The fourth-order valence-corrected chi connectivity index (χ4v) is 9.52. The topological polar surface area (TPSA) is 12.9 Å². The van der Waals surface area contributed by atoms with Gasteiger partial charge in [0.1, 0.15) is 0 Å². The summed E-state index contributed by atoms with van der Waals surface area (Å²) in [7, 11) is 0. The van der Waals surface area contributed by atoms with Crippen LogP contribution >= 0.6 is 0 Å². The van der Waals surface area contributed by atoms with Gasteiger partial charge in [-0.25, -0.2) is 0 Å². The van der Waals surface area contributed by atoms with Crippen LogP contribution in [0, 0.1) is 0 Å². The molecule has 12 rings (SSSR count). The van der Waals surface area contributed by atoms with Crippen LogP contribution in [0.5, 0.6) is 0 Å². The first-order valence-corrected chi connectivity index (χ1v) is 20.7. The minimum atomic E-state index is 1.04. The van der Waals surface area contributed by atoms with Gasteiger partial charge in [0.25, 0.3) is 0 Å². The molecule has 0 atom stereocenters. The number of fused-ring (bicyclic) bond motifs is 7. The quantitative estimate of drug-likeness (QED) is 0.126. The Balaban J connectivity index is 1.11. The van der Waals surface area contributed by atoms with E-state index in [1.165, 1.54) is 109 Å². The second-order valence-electron chi connectivity index (χ2n) is 15.9. The van der Waals surface area contributed by atoms with Crippen LogP contribution in [0.1, 0.15) is 0 Å². The summed E-state index contributed by atoms with van der Waals surface area (Å²) >= 11 is 0. The van der Waals surface area contributed by atoms with Crippen molar-refractivity contribution < 1.29 is 0 Å². The van der Waals surface area contributed by atoms with Gasteiger partial charge in [-0.05, 0) is 141 Å². The third kappa shape index (κ3) is 5.67. The number of nitrogens with zero attached hydrogens (tertiary/aromatic N) is 1. The highest BCUT2D eigenvalue weighted by Crippen LogP contribution is 2.47. The Kier molecular flexibility index (Phi) is 7.92. The van der Waals surface area contributed by atoms with Crippen LogP contribution in [0.25, 0.3) is 120 Å². The number of aromatic nitrogens is 1. The molecule has 0 N–H and O–H groups in total. The van der Waals surface area contributed by atoms with Crippen LogP contribution in [0.2, 0.25) is 0 Å². The Morgan fingerprint density at radius 1 is 0.233 bits per heavy atom. The average molecular weight is 760 g/mol. The zero-order chi connectivity index (χ0) is 39.6. The molecule has 1 nitrogen and oxygen atoms in total. The molecular formula is C59H37N. The van der Waals surface area contributed by atoms with E-state index in [-0.39, 0.29) is 0 Å². The molecule has 11 aromatic carbocycles. The normalized spacial score (nSPS) is 11.7. The highest BCUT2D eigenvalue weighted by Gasteiger charge is 2.20. The molecule has 0 aliphatic heterocycles. The van der Waals surface area contributed by atoms with E-state index in [0.717, 1.165) is 10.9 Å². The van der Waals surface area contributed by atoms with Gasteiger partial charge in [0.15, 0.2) is 0 Å². The molecule has 278 valence electrons. The van der Waals surface area contributed by atoms with Crippen molar-refractivity contribution in [2.75, 3.05) is 0 Å². The van der Waals surface area contributed by atoms with Gasteiger partial charge in [-0.1, -0.05) is 182 Å². The first-order valence-electron chi connectivity index (χ1n) is 20.7. The lowest BCUT2D eigenvalue weighted by Gasteiger charge is -2.20.